The number of allylic oxidation sites excluding steroid dienone is 1. The summed E-state index contributed by atoms with van der Waals surface area (Å²) in [5, 5.41) is 12.7. The molecule has 2 atom stereocenters. The van der Waals surface area contributed by atoms with Crippen molar-refractivity contribution in [2.75, 3.05) is 5.32 Å². The molecule has 1 aliphatic carbocycles. The van der Waals surface area contributed by atoms with Crippen molar-refractivity contribution in [1.29, 1.82) is 5.41 Å². The third-order valence-corrected chi connectivity index (χ3v) is 5.27. The number of benzene rings is 1. The molecule has 1 aliphatic rings. The molecule has 0 saturated heterocycles. The van der Waals surface area contributed by atoms with Crippen LogP contribution in [0.5, 0.6) is 0 Å². The minimum atomic E-state index is -0.883. The molecule has 2 N–H and O–H groups in total. The van der Waals surface area contributed by atoms with Gasteiger partial charge in [0.05, 0.1) is 17.4 Å². The number of hydrogen-bond acceptors (Lipinski definition) is 4. The Labute approximate surface area is 180 Å². The summed E-state index contributed by atoms with van der Waals surface area (Å²) in [6, 6.07) is 9.48. The van der Waals surface area contributed by atoms with E-state index in [-0.39, 0.29) is 11.8 Å². The van der Waals surface area contributed by atoms with Crippen molar-refractivity contribution in [3.8, 4) is 0 Å². The second-order valence-corrected chi connectivity index (χ2v) is 7.45. The maximum absolute atomic E-state index is 13.4. The van der Waals surface area contributed by atoms with E-state index in [4.69, 9.17) is 5.41 Å². The van der Waals surface area contributed by atoms with E-state index in [1.807, 2.05) is 37.3 Å². The van der Waals surface area contributed by atoms with Gasteiger partial charge in [0.15, 0.2) is 5.84 Å². The maximum atomic E-state index is 13.4. The third-order valence-electron chi connectivity index (χ3n) is 5.27. The minimum Gasteiger partial charge on any atom is -0.348 e. The lowest BCUT2D eigenvalue weighted by atomic mass is 10.1. The number of alkyl halides is 1. The molecule has 1 saturated carbocycles. The number of anilines is 1. The van der Waals surface area contributed by atoms with E-state index in [1.165, 1.54) is 6.08 Å². The first-order valence-corrected chi connectivity index (χ1v) is 9.92. The van der Waals surface area contributed by atoms with Gasteiger partial charge in [-0.1, -0.05) is 25.3 Å². The summed E-state index contributed by atoms with van der Waals surface area (Å²) in [5.41, 5.74) is 8.19. The number of fused-ring (bicyclic) bond motifs is 1. The molecule has 0 bridgehead atoms. The number of hydrogen-bond donors (Lipinski definition) is 2. The Balaban J connectivity index is 1.61. The van der Waals surface area contributed by atoms with Crippen LogP contribution in [0.3, 0.4) is 0 Å². The molecule has 0 unspecified atom stereocenters. The number of rotatable bonds is 6. The summed E-state index contributed by atoms with van der Waals surface area (Å²) >= 11 is 0. The lowest BCUT2D eigenvalue weighted by Crippen LogP contribution is -2.06. The molecule has 1 aromatic carbocycles. The Morgan fingerprint density at radius 2 is 2.10 bits per heavy atom. The van der Waals surface area contributed by atoms with E-state index in [9.17, 15) is 4.39 Å². The number of nitrogens with zero attached hydrogens (tertiary/aromatic N) is 3. The Morgan fingerprint density at radius 1 is 1.29 bits per heavy atom. The second-order valence-electron chi connectivity index (χ2n) is 7.45. The highest BCUT2D eigenvalue weighted by atomic mass is 19.1. The first-order valence-electron chi connectivity index (χ1n) is 9.92. The molecule has 4 rings (SSSR count). The fourth-order valence-corrected chi connectivity index (χ4v) is 3.31. The summed E-state index contributed by atoms with van der Waals surface area (Å²) in [5.74, 6) is -0.173. The SMILES string of the molecule is C=C=C(Nc1cc(C(=N)N=C(C=C)[C@H]2C[C@@H]2F)ccc1C)c1cnc2cnccc2c1. The predicted molar refractivity (Wildman–Crippen MR) is 124 cm³/mol. The first-order chi connectivity index (χ1) is 15.0. The minimum absolute atomic E-state index is 0.0704. The van der Waals surface area contributed by atoms with E-state index in [2.05, 4.69) is 39.2 Å². The van der Waals surface area contributed by atoms with Crippen LogP contribution in [0.2, 0.25) is 0 Å². The van der Waals surface area contributed by atoms with Gasteiger partial charge in [-0.15, -0.1) is 5.73 Å². The van der Waals surface area contributed by atoms with Crippen molar-refractivity contribution >= 4 is 33.8 Å². The van der Waals surface area contributed by atoms with E-state index in [0.29, 0.717) is 23.4 Å². The van der Waals surface area contributed by atoms with Crippen molar-refractivity contribution in [1.82, 2.24) is 9.97 Å². The second kappa shape index (κ2) is 8.46. The van der Waals surface area contributed by atoms with Crippen LogP contribution < -0.4 is 5.32 Å². The van der Waals surface area contributed by atoms with Gasteiger partial charge >= 0.3 is 0 Å². The molecule has 1 fully saturated rings. The standard InChI is InChI=1S/C25H22FN5/c1-4-21(18-10-16-8-9-28-14-24(16)29-13-18)30-23-11-17(7-6-15(23)3)25(27)31-22(5-2)19-12-20(19)26/h5-11,13-14,19-20,27,30H,1-2,12H2,3H3/t19-,20-/m0/s1. The highest BCUT2D eigenvalue weighted by Gasteiger charge is 2.40. The summed E-state index contributed by atoms with van der Waals surface area (Å²) in [6.07, 6.45) is 6.28. The fourth-order valence-electron chi connectivity index (χ4n) is 3.31. The monoisotopic (exact) mass is 411 g/mol. The van der Waals surface area contributed by atoms with Crippen LogP contribution in [0.15, 0.2) is 78.9 Å². The van der Waals surface area contributed by atoms with Crippen LogP contribution in [0.1, 0.15) is 23.1 Å². The van der Waals surface area contributed by atoms with E-state index >= 15 is 0 Å². The lowest BCUT2D eigenvalue weighted by molar-refractivity contribution is 0.468. The topological polar surface area (TPSA) is 74.0 Å². The smallest absolute Gasteiger partial charge is 0.152 e. The molecule has 154 valence electrons. The van der Waals surface area contributed by atoms with Gasteiger partial charge in [0.2, 0.25) is 0 Å². The van der Waals surface area contributed by atoms with Gasteiger partial charge in [0, 0.05) is 46.2 Å². The van der Waals surface area contributed by atoms with Gasteiger partial charge in [-0.25, -0.2) is 9.38 Å². The number of nitrogens with one attached hydrogen (secondary N) is 2. The lowest BCUT2D eigenvalue weighted by Gasteiger charge is -2.13. The Morgan fingerprint density at radius 3 is 2.81 bits per heavy atom. The van der Waals surface area contributed by atoms with Gasteiger partial charge in [0.1, 0.15) is 6.17 Å². The fraction of sp³-hybridized carbons (Fsp3) is 0.160. The zero-order valence-corrected chi connectivity index (χ0v) is 17.2. The van der Waals surface area contributed by atoms with Crippen LogP contribution in [0, 0.1) is 18.3 Å². The summed E-state index contributed by atoms with van der Waals surface area (Å²) in [7, 11) is 0. The van der Waals surface area contributed by atoms with Gasteiger partial charge in [0.25, 0.3) is 0 Å². The predicted octanol–water partition coefficient (Wildman–Crippen LogP) is 5.49. The molecule has 5 nitrogen and oxygen atoms in total. The molecule has 6 heteroatoms. The van der Waals surface area contributed by atoms with Crippen LogP contribution >= 0.6 is 0 Å². The van der Waals surface area contributed by atoms with Crippen molar-refractivity contribution in [2.24, 2.45) is 10.9 Å². The molecule has 0 amide bonds. The van der Waals surface area contributed by atoms with Crippen LogP contribution in [0.4, 0.5) is 10.1 Å². The third kappa shape index (κ3) is 4.34. The molecule has 2 aromatic heterocycles. The maximum Gasteiger partial charge on any atom is 0.152 e. The van der Waals surface area contributed by atoms with Crippen molar-refractivity contribution < 1.29 is 4.39 Å². The zero-order valence-electron chi connectivity index (χ0n) is 17.2. The Hall–Kier alpha value is -3.89. The average molecular weight is 411 g/mol. The van der Waals surface area contributed by atoms with Crippen LogP contribution in [-0.2, 0) is 0 Å². The summed E-state index contributed by atoms with van der Waals surface area (Å²) in [4.78, 5) is 12.8. The largest absolute Gasteiger partial charge is 0.348 e. The van der Waals surface area contributed by atoms with E-state index in [1.54, 1.807) is 18.6 Å². The molecule has 0 aliphatic heterocycles. The first kappa shape index (κ1) is 20.4. The molecule has 31 heavy (non-hydrogen) atoms. The number of aliphatic imine (C=N–C) groups is 1. The highest BCUT2D eigenvalue weighted by Crippen LogP contribution is 2.35. The number of aryl methyl sites for hydroxylation is 1. The normalized spacial score (nSPS) is 17.7. The molecule has 0 radical (unpaired) electrons. The van der Waals surface area contributed by atoms with Gasteiger partial charge in [-0.2, -0.15) is 0 Å². The zero-order chi connectivity index (χ0) is 22.0. The van der Waals surface area contributed by atoms with Gasteiger partial charge < -0.3 is 5.32 Å². The number of aromatic nitrogens is 2. The Kier molecular flexibility index (Phi) is 5.56. The molecule has 2 heterocycles. The molecule has 3 aromatic rings. The number of amidine groups is 1. The van der Waals surface area contributed by atoms with E-state index < -0.39 is 6.17 Å². The highest BCUT2D eigenvalue weighted by molar-refractivity contribution is 6.10. The molecular formula is C25H22FN5. The molecule has 0 spiro atoms. The van der Waals surface area contributed by atoms with Crippen molar-refractivity contribution in [3.05, 3.63) is 90.6 Å². The number of pyridine rings is 2. The van der Waals surface area contributed by atoms with E-state index in [0.717, 1.165) is 27.7 Å². The Bertz CT molecular complexity index is 1270. The summed E-state index contributed by atoms with van der Waals surface area (Å²) in [6.45, 7) is 9.48. The van der Waals surface area contributed by atoms with Gasteiger partial charge in [-0.3, -0.25) is 15.4 Å². The van der Waals surface area contributed by atoms with Crippen molar-refractivity contribution in [3.63, 3.8) is 0 Å². The average Bonchev–Trinajstić information content (AvgIpc) is 3.52. The van der Waals surface area contributed by atoms with Crippen LogP contribution in [0.25, 0.3) is 16.6 Å². The number of halogens is 1. The quantitative estimate of drug-likeness (QED) is 0.320. The summed E-state index contributed by atoms with van der Waals surface area (Å²) < 4.78 is 13.4. The van der Waals surface area contributed by atoms with Gasteiger partial charge in [-0.05, 0) is 43.2 Å². The van der Waals surface area contributed by atoms with Crippen LogP contribution in [-0.4, -0.2) is 27.7 Å². The van der Waals surface area contributed by atoms with Crippen molar-refractivity contribution in [2.45, 2.75) is 19.5 Å². The molecular weight excluding hydrogens is 389 g/mol.